The Bertz CT molecular complexity index is 445. The maximum Gasteiger partial charge on any atom is 0.274 e. The summed E-state index contributed by atoms with van der Waals surface area (Å²) in [5.41, 5.74) is 1.69. The fourth-order valence-corrected chi connectivity index (χ4v) is 2.19. The number of nitro benzene ring substituents is 1. The Morgan fingerprint density at radius 1 is 1.42 bits per heavy atom. The molecule has 0 unspecified atom stereocenters. The second-order valence-corrected chi connectivity index (χ2v) is 4.59. The van der Waals surface area contributed by atoms with Crippen LogP contribution < -0.4 is 5.32 Å². The van der Waals surface area contributed by atoms with Crippen molar-refractivity contribution in [1.82, 2.24) is 4.90 Å². The Morgan fingerprint density at radius 3 is 2.84 bits per heavy atom. The van der Waals surface area contributed by atoms with Gasteiger partial charge in [0.2, 0.25) is 0 Å². The Kier molecular flexibility index (Phi) is 4.70. The highest BCUT2D eigenvalue weighted by atomic mass is 16.6. The molecule has 6 nitrogen and oxygen atoms in total. The summed E-state index contributed by atoms with van der Waals surface area (Å²) in [7, 11) is 0. The van der Waals surface area contributed by atoms with Crippen molar-refractivity contribution in [2.24, 2.45) is 0 Å². The number of anilines is 1. The first kappa shape index (κ1) is 13.8. The van der Waals surface area contributed by atoms with Crippen molar-refractivity contribution in [1.29, 1.82) is 0 Å². The van der Waals surface area contributed by atoms with Gasteiger partial charge in [0.15, 0.2) is 0 Å². The number of hydrogen-bond acceptors (Lipinski definition) is 5. The predicted molar refractivity (Wildman–Crippen MR) is 73.6 cm³/mol. The number of nitrogens with zero attached hydrogens (tertiary/aromatic N) is 2. The Morgan fingerprint density at radius 2 is 2.16 bits per heavy atom. The molecule has 0 atom stereocenters. The largest absolute Gasteiger partial charge is 0.383 e. The first-order chi connectivity index (χ1) is 9.18. The minimum atomic E-state index is -0.345. The van der Waals surface area contributed by atoms with E-state index in [1.165, 1.54) is 6.07 Å². The molecule has 0 aliphatic carbocycles. The SMILES string of the molecule is Cc1c(NCCN2CCOCC2)cccc1[N+](=O)[O-]. The molecule has 1 aromatic carbocycles. The Hall–Kier alpha value is -1.66. The first-order valence-corrected chi connectivity index (χ1v) is 6.46. The second kappa shape index (κ2) is 6.49. The molecule has 1 heterocycles. The summed E-state index contributed by atoms with van der Waals surface area (Å²) in [5.74, 6) is 0. The molecule has 2 rings (SSSR count). The monoisotopic (exact) mass is 265 g/mol. The van der Waals surface area contributed by atoms with Crippen molar-refractivity contribution in [3.05, 3.63) is 33.9 Å². The summed E-state index contributed by atoms with van der Waals surface area (Å²) in [4.78, 5) is 12.8. The van der Waals surface area contributed by atoms with E-state index < -0.39 is 0 Å². The lowest BCUT2D eigenvalue weighted by Crippen LogP contribution is -2.39. The summed E-state index contributed by atoms with van der Waals surface area (Å²) in [6.45, 7) is 6.96. The van der Waals surface area contributed by atoms with Gasteiger partial charge in [0.1, 0.15) is 0 Å². The molecule has 0 amide bonds. The average Bonchev–Trinajstić information content (AvgIpc) is 2.41. The van der Waals surface area contributed by atoms with Crippen LogP contribution >= 0.6 is 0 Å². The molecule has 0 aromatic heterocycles. The normalized spacial score (nSPS) is 16.3. The zero-order chi connectivity index (χ0) is 13.7. The van der Waals surface area contributed by atoms with Gasteiger partial charge in [0.05, 0.1) is 18.1 Å². The zero-order valence-electron chi connectivity index (χ0n) is 11.1. The molecule has 104 valence electrons. The lowest BCUT2D eigenvalue weighted by Gasteiger charge is -2.26. The number of ether oxygens (including phenoxy) is 1. The Labute approximate surface area is 112 Å². The highest BCUT2D eigenvalue weighted by molar-refractivity contribution is 5.59. The lowest BCUT2D eigenvalue weighted by atomic mass is 10.1. The van der Waals surface area contributed by atoms with Crippen LogP contribution in [0.4, 0.5) is 11.4 Å². The average molecular weight is 265 g/mol. The van der Waals surface area contributed by atoms with Crippen molar-refractivity contribution in [2.75, 3.05) is 44.7 Å². The molecular weight excluding hydrogens is 246 g/mol. The summed E-state index contributed by atoms with van der Waals surface area (Å²) in [6, 6.07) is 5.12. The third-order valence-electron chi connectivity index (χ3n) is 3.35. The number of rotatable bonds is 5. The summed E-state index contributed by atoms with van der Waals surface area (Å²) in [5, 5.41) is 14.1. The van der Waals surface area contributed by atoms with E-state index in [1.54, 1.807) is 13.0 Å². The van der Waals surface area contributed by atoms with Gasteiger partial charge in [-0.3, -0.25) is 15.0 Å². The molecule has 1 saturated heterocycles. The third kappa shape index (κ3) is 3.65. The number of nitro groups is 1. The second-order valence-electron chi connectivity index (χ2n) is 4.59. The van der Waals surface area contributed by atoms with Gasteiger partial charge in [0.25, 0.3) is 5.69 Å². The first-order valence-electron chi connectivity index (χ1n) is 6.46. The topological polar surface area (TPSA) is 67.6 Å². The van der Waals surface area contributed by atoms with Crippen molar-refractivity contribution in [3.63, 3.8) is 0 Å². The van der Waals surface area contributed by atoms with Crippen molar-refractivity contribution in [3.8, 4) is 0 Å². The molecule has 0 radical (unpaired) electrons. The van der Waals surface area contributed by atoms with E-state index in [4.69, 9.17) is 4.74 Å². The van der Waals surface area contributed by atoms with Crippen LogP contribution in [0.15, 0.2) is 18.2 Å². The number of morpholine rings is 1. The lowest BCUT2D eigenvalue weighted by molar-refractivity contribution is -0.385. The van der Waals surface area contributed by atoms with E-state index in [2.05, 4.69) is 10.2 Å². The molecule has 6 heteroatoms. The van der Waals surface area contributed by atoms with Gasteiger partial charge in [-0.15, -0.1) is 0 Å². The van der Waals surface area contributed by atoms with Crippen LogP contribution in [0, 0.1) is 17.0 Å². The maximum absolute atomic E-state index is 10.9. The van der Waals surface area contributed by atoms with Crippen LogP contribution in [0.3, 0.4) is 0 Å². The molecule has 1 aliphatic heterocycles. The fourth-order valence-electron chi connectivity index (χ4n) is 2.19. The zero-order valence-corrected chi connectivity index (χ0v) is 11.1. The van der Waals surface area contributed by atoms with Crippen LogP contribution in [-0.2, 0) is 4.74 Å². The van der Waals surface area contributed by atoms with Gasteiger partial charge >= 0.3 is 0 Å². The number of nitrogens with one attached hydrogen (secondary N) is 1. The van der Waals surface area contributed by atoms with Crippen LogP contribution in [0.5, 0.6) is 0 Å². The molecule has 1 aliphatic rings. The number of benzene rings is 1. The van der Waals surface area contributed by atoms with E-state index in [0.29, 0.717) is 5.56 Å². The minimum Gasteiger partial charge on any atom is -0.383 e. The van der Waals surface area contributed by atoms with Crippen LogP contribution in [0.25, 0.3) is 0 Å². The molecule has 1 N–H and O–H groups in total. The van der Waals surface area contributed by atoms with E-state index in [1.807, 2.05) is 6.07 Å². The summed E-state index contributed by atoms with van der Waals surface area (Å²) < 4.78 is 5.29. The van der Waals surface area contributed by atoms with E-state index in [0.717, 1.165) is 45.1 Å². The molecule has 1 fully saturated rings. The molecule has 19 heavy (non-hydrogen) atoms. The van der Waals surface area contributed by atoms with E-state index in [-0.39, 0.29) is 10.6 Å². The van der Waals surface area contributed by atoms with Crippen molar-refractivity contribution < 1.29 is 9.66 Å². The smallest absolute Gasteiger partial charge is 0.274 e. The third-order valence-corrected chi connectivity index (χ3v) is 3.35. The van der Waals surface area contributed by atoms with Gasteiger partial charge in [-0.1, -0.05) is 6.07 Å². The van der Waals surface area contributed by atoms with Crippen LogP contribution in [-0.4, -0.2) is 49.2 Å². The van der Waals surface area contributed by atoms with Gasteiger partial charge in [-0.05, 0) is 13.0 Å². The van der Waals surface area contributed by atoms with Gasteiger partial charge in [-0.25, -0.2) is 0 Å². The van der Waals surface area contributed by atoms with Gasteiger partial charge in [0, 0.05) is 43.5 Å². The highest BCUT2D eigenvalue weighted by Crippen LogP contribution is 2.24. The van der Waals surface area contributed by atoms with Gasteiger partial charge < -0.3 is 10.1 Å². The quantitative estimate of drug-likeness (QED) is 0.647. The van der Waals surface area contributed by atoms with Crippen LogP contribution in [0.1, 0.15) is 5.56 Å². The van der Waals surface area contributed by atoms with Crippen LogP contribution in [0.2, 0.25) is 0 Å². The molecule has 0 saturated carbocycles. The van der Waals surface area contributed by atoms with Crippen molar-refractivity contribution >= 4 is 11.4 Å². The highest BCUT2D eigenvalue weighted by Gasteiger charge is 2.13. The maximum atomic E-state index is 10.9. The van der Waals surface area contributed by atoms with Gasteiger partial charge in [-0.2, -0.15) is 0 Å². The van der Waals surface area contributed by atoms with Crippen molar-refractivity contribution in [2.45, 2.75) is 6.92 Å². The fraction of sp³-hybridized carbons (Fsp3) is 0.538. The molecule has 0 bridgehead atoms. The number of hydrogen-bond donors (Lipinski definition) is 1. The van der Waals surface area contributed by atoms with E-state index in [9.17, 15) is 10.1 Å². The molecule has 0 spiro atoms. The Balaban J connectivity index is 1.88. The van der Waals surface area contributed by atoms with E-state index >= 15 is 0 Å². The standard InChI is InChI=1S/C13H19N3O3/c1-11-12(3-2-4-13(11)16(17)18)14-5-6-15-7-9-19-10-8-15/h2-4,14H,5-10H2,1H3. The predicted octanol–water partition coefficient (Wildman–Crippen LogP) is 1.65. The molecule has 1 aromatic rings. The summed E-state index contributed by atoms with van der Waals surface area (Å²) in [6.07, 6.45) is 0. The summed E-state index contributed by atoms with van der Waals surface area (Å²) >= 11 is 0. The molecular formula is C13H19N3O3. The minimum absolute atomic E-state index is 0.163.